The average molecular weight is 749 g/mol. The Morgan fingerprint density at radius 1 is 0.943 bits per heavy atom. The first kappa shape index (κ1) is 46.7. The molecule has 11 nitrogen and oxygen atoms in total. The number of carbonyl (C=O) groups is 4. The molecule has 1 aliphatic heterocycles. The van der Waals surface area contributed by atoms with E-state index < -0.39 is 47.6 Å². The molecule has 2 unspecified atom stereocenters. The van der Waals surface area contributed by atoms with Crippen LogP contribution in [0.1, 0.15) is 138 Å². The van der Waals surface area contributed by atoms with Crippen LogP contribution in [0.2, 0.25) is 0 Å². The summed E-state index contributed by atoms with van der Waals surface area (Å²) in [5, 5.41) is 43.9. The number of carboxylic acids is 1. The predicted molar refractivity (Wildman–Crippen MR) is 202 cm³/mol. The summed E-state index contributed by atoms with van der Waals surface area (Å²) in [7, 11) is 3.30. The molecule has 0 spiro atoms. The molecule has 2 rings (SSSR count). The molecular formula is C42H70NO10-. The highest BCUT2D eigenvalue weighted by Gasteiger charge is 2.47. The smallest absolute Gasteiger partial charge is 0.296 e. The van der Waals surface area contributed by atoms with Crippen molar-refractivity contribution in [2.45, 2.75) is 168 Å². The lowest BCUT2D eigenvalue weighted by Gasteiger charge is -2.37. The van der Waals surface area contributed by atoms with Gasteiger partial charge in [0.1, 0.15) is 5.78 Å². The zero-order valence-corrected chi connectivity index (χ0v) is 33.8. The summed E-state index contributed by atoms with van der Waals surface area (Å²) in [6, 6.07) is -1.27. The van der Waals surface area contributed by atoms with Gasteiger partial charge in [0.05, 0.1) is 30.3 Å². The SMILES string of the molecule is CC[C@@H](/C=C(/C)C[C@H](C)CCC[C@H](CC(C)C(O)(O)C(=O)C(=O)N1CCCCC1C(=O)[O-])OC)C(=O)C[C@H](O)[C@@H](C)C/C(C)=C/[C@@H]1CCC[C@H](OC)C1. The van der Waals surface area contributed by atoms with E-state index in [1.807, 2.05) is 20.8 Å². The number of likely N-dealkylation sites (tertiary alicyclic amines) is 1. The Hall–Kier alpha value is -2.44. The molecule has 0 aromatic heterocycles. The maximum absolute atomic E-state index is 13.3. The fraction of sp³-hybridized carbons (Fsp3) is 0.810. The highest BCUT2D eigenvalue weighted by Crippen LogP contribution is 2.31. The molecule has 0 radical (unpaired) electrons. The molecule has 9 atom stereocenters. The molecule has 304 valence electrons. The summed E-state index contributed by atoms with van der Waals surface area (Å²) in [5.41, 5.74) is 2.38. The summed E-state index contributed by atoms with van der Waals surface area (Å²) < 4.78 is 11.2. The molecular weight excluding hydrogens is 678 g/mol. The van der Waals surface area contributed by atoms with Crippen molar-refractivity contribution in [3.63, 3.8) is 0 Å². The summed E-state index contributed by atoms with van der Waals surface area (Å²) in [6.07, 6.45) is 14.1. The molecule has 1 aliphatic carbocycles. The maximum Gasteiger partial charge on any atom is 0.296 e. The van der Waals surface area contributed by atoms with Crippen LogP contribution in [0.5, 0.6) is 0 Å². The third kappa shape index (κ3) is 15.0. The van der Waals surface area contributed by atoms with Crippen molar-refractivity contribution in [2.24, 2.45) is 29.6 Å². The van der Waals surface area contributed by atoms with E-state index in [9.17, 15) is 39.6 Å². The lowest BCUT2D eigenvalue weighted by Crippen LogP contribution is -2.59. The Bertz CT molecular complexity index is 1240. The molecule has 0 aromatic rings. The van der Waals surface area contributed by atoms with E-state index in [1.54, 1.807) is 7.11 Å². The quantitative estimate of drug-likeness (QED) is 0.0727. The van der Waals surface area contributed by atoms with Gasteiger partial charge in [-0.15, -0.1) is 0 Å². The van der Waals surface area contributed by atoms with Gasteiger partial charge in [-0.25, -0.2) is 0 Å². The molecule has 1 saturated heterocycles. The number of methoxy groups -OCH3 is 2. The maximum atomic E-state index is 13.3. The largest absolute Gasteiger partial charge is 0.548 e. The van der Waals surface area contributed by atoms with Gasteiger partial charge in [-0.2, -0.15) is 0 Å². The minimum Gasteiger partial charge on any atom is -0.548 e. The number of aliphatic hydroxyl groups is 3. The second-order valence-corrected chi connectivity index (χ2v) is 16.4. The van der Waals surface area contributed by atoms with E-state index in [-0.39, 0.29) is 43.4 Å². The minimum atomic E-state index is -2.97. The van der Waals surface area contributed by atoms with Gasteiger partial charge in [-0.1, -0.05) is 70.3 Å². The number of carboxylic acid groups (broad SMARTS) is 1. The summed E-state index contributed by atoms with van der Waals surface area (Å²) >= 11 is 0. The van der Waals surface area contributed by atoms with Crippen LogP contribution in [0, 0.1) is 29.6 Å². The Labute approximate surface area is 318 Å². The summed E-state index contributed by atoms with van der Waals surface area (Å²) in [6.45, 7) is 11.8. The fourth-order valence-electron chi connectivity index (χ4n) is 8.24. The van der Waals surface area contributed by atoms with Gasteiger partial charge in [-0.05, 0) is 102 Å². The van der Waals surface area contributed by atoms with Gasteiger partial charge in [0.15, 0.2) is 0 Å². The number of carbonyl (C=O) groups excluding carboxylic acids is 4. The Morgan fingerprint density at radius 3 is 2.26 bits per heavy atom. The minimum absolute atomic E-state index is 0.0170. The van der Waals surface area contributed by atoms with Gasteiger partial charge in [0.25, 0.3) is 11.7 Å². The number of aliphatic hydroxyl groups excluding tert-OH is 1. The fourth-order valence-corrected chi connectivity index (χ4v) is 8.24. The molecule has 3 N–H and O–H groups in total. The third-order valence-electron chi connectivity index (χ3n) is 11.7. The number of aliphatic carboxylic acids is 1. The molecule has 0 aromatic carbocycles. The lowest BCUT2D eigenvalue weighted by molar-refractivity contribution is -0.312. The summed E-state index contributed by atoms with van der Waals surface area (Å²) in [5.74, 6) is -7.55. The molecule has 2 aliphatic rings. The number of Topliss-reactive ketones (excluding diaryl/α,β-unsaturated/α-hetero) is 2. The van der Waals surface area contributed by atoms with Crippen molar-refractivity contribution in [3.05, 3.63) is 23.3 Å². The Morgan fingerprint density at radius 2 is 1.64 bits per heavy atom. The molecule has 53 heavy (non-hydrogen) atoms. The van der Waals surface area contributed by atoms with Crippen molar-refractivity contribution in [2.75, 3.05) is 20.8 Å². The number of rotatable bonds is 23. The van der Waals surface area contributed by atoms with E-state index in [0.29, 0.717) is 43.6 Å². The molecule has 11 heteroatoms. The van der Waals surface area contributed by atoms with E-state index in [4.69, 9.17) is 9.47 Å². The molecule has 1 heterocycles. The number of nitrogens with zero attached hydrogens (tertiary/aromatic N) is 1. The van der Waals surface area contributed by atoms with Crippen LogP contribution >= 0.6 is 0 Å². The van der Waals surface area contributed by atoms with E-state index in [0.717, 1.165) is 49.0 Å². The van der Waals surface area contributed by atoms with Crippen LogP contribution in [0.15, 0.2) is 23.3 Å². The van der Waals surface area contributed by atoms with E-state index in [1.165, 1.54) is 32.4 Å². The Kier molecular flexibility index (Phi) is 20.1. The average Bonchev–Trinajstić information content (AvgIpc) is 3.12. The normalized spacial score (nSPS) is 23.8. The van der Waals surface area contributed by atoms with Crippen LogP contribution < -0.4 is 5.11 Å². The number of piperidine rings is 1. The molecule has 1 amide bonds. The molecule has 0 bridgehead atoms. The second kappa shape index (κ2) is 22.8. The zero-order chi connectivity index (χ0) is 39.9. The van der Waals surface area contributed by atoms with E-state index in [2.05, 4.69) is 26.0 Å². The Balaban J connectivity index is 1.83. The van der Waals surface area contributed by atoms with Gasteiger partial charge in [0, 0.05) is 39.0 Å². The summed E-state index contributed by atoms with van der Waals surface area (Å²) in [4.78, 5) is 51.4. The van der Waals surface area contributed by atoms with Crippen molar-refractivity contribution in [1.82, 2.24) is 4.90 Å². The van der Waals surface area contributed by atoms with E-state index >= 15 is 0 Å². The van der Waals surface area contributed by atoms with Crippen molar-refractivity contribution in [1.29, 1.82) is 0 Å². The zero-order valence-electron chi connectivity index (χ0n) is 33.8. The number of amides is 1. The van der Waals surface area contributed by atoms with Crippen LogP contribution in [0.3, 0.4) is 0 Å². The monoisotopic (exact) mass is 749 g/mol. The third-order valence-corrected chi connectivity index (χ3v) is 11.7. The van der Waals surface area contributed by atoms with Crippen LogP contribution in [0.25, 0.3) is 0 Å². The topological polar surface area (TPSA) is 174 Å². The highest BCUT2D eigenvalue weighted by atomic mass is 16.5. The van der Waals surface area contributed by atoms with Crippen molar-refractivity contribution in [3.8, 4) is 0 Å². The lowest BCUT2D eigenvalue weighted by atomic mass is 9.84. The standard InChI is InChI=1S/C42H71NO10/c1-9-33(38(45)26-37(44)30(5)21-29(4)22-32-15-13-17-35(25-32)53-8)23-28(3)20-27(2)14-12-16-34(52-7)24-31(6)42(50,51)39(46)40(47)43-19-11-10-18-36(43)41(48)49/h22-23,27,30-37,44,50-51H,9-21,24-26H2,1-8H3,(H,48,49)/p-1/b28-23-,29-22+/t27-,30+,31?,32+,33+,34-,35+,36?,37+/m1/s1. The highest BCUT2D eigenvalue weighted by molar-refractivity contribution is 6.39. The second-order valence-electron chi connectivity index (χ2n) is 16.4. The number of allylic oxidation sites excluding steroid dienone is 4. The molecule has 1 saturated carbocycles. The first-order valence-corrected chi connectivity index (χ1v) is 20.1. The number of ketones is 2. The first-order chi connectivity index (χ1) is 24.9. The number of ether oxygens (including phenoxy) is 2. The van der Waals surface area contributed by atoms with Crippen LogP contribution in [-0.2, 0) is 28.7 Å². The van der Waals surface area contributed by atoms with Crippen LogP contribution in [-0.4, -0.2) is 94.6 Å². The number of hydrogen-bond donors (Lipinski definition) is 3. The predicted octanol–water partition coefficient (Wildman–Crippen LogP) is 5.08. The van der Waals surface area contributed by atoms with Crippen molar-refractivity contribution < 1.29 is 49.1 Å². The van der Waals surface area contributed by atoms with Crippen molar-refractivity contribution >= 4 is 23.4 Å². The van der Waals surface area contributed by atoms with Gasteiger partial charge >= 0.3 is 0 Å². The van der Waals surface area contributed by atoms with Crippen LogP contribution in [0.4, 0.5) is 0 Å². The molecule has 2 fully saturated rings. The van der Waals surface area contributed by atoms with Gasteiger partial charge < -0.3 is 39.6 Å². The van der Waals surface area contributed by atoms with Gasteiger partial charge in [0.2, 0.25) is 5.79 Å². The van der Waals surface area contributed by atoms with Gasteiger partial charge in [-0.3, -0.25) is 14.4 Å². The first-order valence-electron chi connectivity index (χ1n) is 20.1. The number of hydrogen-bond acceptors (Lipinski definition) is 10.